The maximum absolute atomic E-state index is 14.6. The maximum Gasteiger partial charge on any atom is 0.246 e. The van der Waals surface area contributed by atoms with Gasteiger partial charge in [-0.3, -0.25) is 52.7 Å². The highest BCUT2D eigenvalue weighted by Crippen LogP contribution is 2.27. The lowest BCUT2D eigenvalue weighted by molar-refractivity contribution is -0.277. The summed E-state index contributed by atoms with van der Waals surface area (Å²) in [5.74, 6) is -10.9. The predicted molar refractivity (Wildman–Crippen MR) is 287 cm³/mol. The zero-order chi connectivity index (χ0) is 59.5. The SMILES string of the molecule is CC[C@H](C)[C@@H]1NC(=O)[C@H](Cc2ccc(O[C@@H]3O[C@H](CO)[C@@H](O)[C@H](O)[C@H]3O)cc2)NC(=O)[C@@H](N)CSSC[C@@H](C(=O)N2CCC[C@H]2C(=O)N[C@@H](CC(C)C)C(=O)NCC(N)=O)NC(=O)[C@H](CC(N)=O)NC(=O)[C@H](CCC(N)=O)NC1=O. The Labute approximate surface area is 469 Å². The zero-order valence-corrected chi connectivity index (χ0v) is 46.5. The first kappa shape index (κ1) is 66.2. The fourth-order valence-electron chi connectivity index (χ4n) is 8.71. The molecule has 1 aromatic carbocycles. The highest BCUT2D eigenvalue weighted by molar-refractivity contribution is 8.76. The molecule has 1 aromatic rings. The number of nitrogens with zero attached hydrogens (tertiary/aromatic N) is 1. The predicted octanol–water partition coefficient (Wildman–Crippen LogP) is -6.14. The molecule has 31 heteroatoms. The minimum Gasteiger partial charge on any atom is -0.462 e. The van der Waals surface area contributed by atoms with E-state index in [1.807, 2.05) is 0 Å². The van der Waals surface area contributed by atoms with Crippen LogP contribution in [0.1, 0.15) is 78.2 Å². The number of hydrogen-bond donors (Lipinski definition) is 15. The van der Waals surface area contributed by atoms with Crippen LogP contribution < -0.4 is 64.9 Å². The first-order chi connectivity index (χ1) is 37.7. The molecular formula is C49H76N12O17S2. The molecule has 4 rings (SSSR count). The van der Waals surface area contributed by atoms with Gasteiger partial charge in [0.15, 0.2) is 0 Å². The van der Waals surface area contributed by atoms with Crippen molar-refractivity contribution < 1.29 is 82.6 Å². The summed E-state index contributed by atoms with van der Waals surface area (Å²) in [5, 5.41) is 58.3. The average molecular weight is 1170 g/mol. The Bertz CT molecular complexity index is 2370. The Morgan fingerprint density at radius 2 is 1.41 bits per heavy atom. The zero-order valence-electron chi connectivity index (χ0n) is 44.8. The Morgan fingerprint density at radius 3 is 2.02 bits per heavy atom. The van der Waals surface area contributed by atoms with Gasteiger partial charge in [0.2, 0.25) is 71.3 Å². The van der Waals surface area contributed by atoms with Gasteiger partial charge in [-0.2, -0.15) is 0 Å². The van der Waals surface area contributed by atoms with Crippen LogP contribution in [0, 0.1) is 11.8 Å². The van der Waals surface area contributed by atoms with Gasteiger partial charge in [-0.05, 0) is 55.2 Å². The molecule has 19 N–H and O–H groups in total. The molecular weight excluding hydrogens is 1090 g/mol. The van der Waals surface area contributed by atoms with Crippen molar-refractivity contribution in [1.29, 1.82) is 0 Å². The van der Waals surface area contributed by atoms with E-state index in [1.54, 1.807) is 27.7 Å². The molecule has 11 amide bonds. The number of nitrogens with two attached hydrogens (primary N) is 4. The molecule has 0 aliphatic carbocycles. The van der Waals surface area contributed by atoms with Crippen LogP contribution in [0.25, 0.3) is 0 Å². The lowest BCUT2D eigenvalue weighted by Crippen LogP contribution is -2.61. The number of likely N-dealkylation sites (tertiary alicyclic amines) is 1. The number of carbonyl (C=O) groups excluding carboxylic acids is 11. The van der Waals surface area contributed by atoms with E-state index >= 15 is 0 Å². The first-order valence-electron chi connectivity index (χ1n) is 26.1. The summed E-state index contributed by atoms with van der Waals surface area (Å²) in [7, 11) is 1.97. The van der Waals surface area contributed by atoms with E-state index in [4.69, 9.17) is 32.4 Å². The molecule has 0 radical (unpaired) electrons. The first-order valence-corrected chi connectivity index (χ1v) is 28.5. The summed E-state index contributed by atoms with van der Waals surface area (Å²) in [4.78, 5) is 150. The fourth-order valence-corrected chi connectivity index (χ4v) is 11.0. The number of carbonyl (C=O) groups is 11. The summed E-state index contributed by atoms with van der Waals surface area (Å²) in [6.07, 6.45) is -8.89. The molecule has 3 saturated heterocycles. The third-order valence-corrected chi connectivity index (χ3v) is 15.8. The minimum absolute atomic E-state index is 0.0179. The number of nitrogens with one attached hydrogen (secondary N) is 7. The molecule has 3 aliphatic rings. The second kappa shape index (κ2) is 31.6. The van der Waals surface area contributed by atoms with Gasteiger partial charge in [0.25, 0.3) is 0 Å². The summed E-state index contributed by atoms with van der Waals surface area (Å²) in [6.45, 7) is 5.77. The van der Waals surface area contributed by atoms with Crippen LogP contribution in [0.4, 0.5) is 0 Å². The molecule has 446 valence electrons. The van der Waals surface area contributed by atoms with E-state index in [9.17, 15) is 73.2 Å². The molecule has 0 bridgehead atoms. The lowest BCUT2D eigenvalue weighted by atomic mass is 9.96. The number of benzene rings is 1. The molecule has 29 nitrogen and oxygen atoms in total. The van der Waals surface area contributed by atoms with Gasteiger partial charge >= 0.3 is 0 Å². The number of aliphatic hydroxyl groups is 4. The van der Waals surface area contributed by atoms with Gasteiger partial charge < -0.3 is 95.0 Å². The third kappa shape index (κ3) is 19.7. The van der Waals surface area contributed by atoms with Gasteiger partial charge in [0, 0.05) is 30.9 Å². The average Bonchev–Trinajstić information content (AvgIpc) is 3.91. The number of rotatable bonds is 20. The summed E-state index contributed by atoms with van der Waals surface area (Å²) in [5.41, 5.74) is 23.0. The van der Waals surface area contributed by atoms with Gasteiger partial charge in [-0.1, -0.05) is 67.8 Å². The minimum atomic E-state index is -1.80. The normalized spacial score (nSPS) is 28.4. The van der Waals surface area contributed by atoms with Crippen molar-refractivity contribution in [1.82, 2.24) is 42.1 Å². The quantitative estimate of drug-likeness (QED) is 0.0540. The number of amides is 11. The standard InChI is InChI=1S/C49H76N12O17S2/c1-5-23(4)37-47(75)55-27(12-13-34(51)63)43(71)57-30(17-35(52)64)44(72)59-31(48(76)61-14-6-7-32(61)46(74)58-28(15-22(2)3)42(70)54-18-36(53)65)21-80-79-20-26(50)41(69)56-29(45(73)60-37)16-24-8-10-25(11-9-24)77-49-40(68)39(67)38(66)33(19-62)78-49/h8-11,22-23,26-33,37-40,49,62,66-68H,5-7,12-21,50H2,1-4H3,(H2,51,63)(H2,52,64)(H2,53,65)(H,54,70)(H,55,75)(H,56,69)(H,57,71)(H,58,74)(H,59,72)(H,60,73)/t23-,26-,27-,28-,29-,30-,31-,32-,33+,37-,38+,39-,40+,49+/m0/s1. The fraction of sp³-hybridized carbons (Fsp3) is 0.653. The number of primary amides is 3. The Kier molecular flexibility index (Phi) is 26.1. The van der Waals surface area contributed by atoms with E-state index in [0.29, 0.717) is 12.0 Å². The molecule has 80 heavy (non-hydrogen) atoms. The van der Waals surface area contributed by atoms with E-state index < -0.39 is 182 Å². The highest BCUT2D eigenvalue weighted by atomic mass is 33.1. The van der Waals surface area contributed by atoms with Crippen molar-refractivity contribution in [2.75, 3.05) is 31.2 Å². The second-order valence-electron chi connectivity index (χ2n) is 20.2. The van der Waals surface area contributed by atoms with Gasteiger partial charge in [-0.15, -0.1) is 0 Å². The van der Waals surface area contributed by atoms with Crippen molar-refractivity contribution in [2.45, 2.75) is 158 Å². The molecule has 3 aliphatic heterocycles. The Hall–Kier alpha value is -6.35. The van der Waals surface area contributed by atoms with Crippen LogP contribution in [-0.2, 0) is 63.9 Å². The van der Waals surface area contributed by atoms with Crippen molar-refractivity contribution >= 4 is 86.6 Å². The van der Waals surface area contributed by atoms with Crippen molar-refractivity contribution in [2.24, 2.45) is 34.8 Å². The van der Waals surface area contributed by atoms with Crippen LogP contribution in [-0.4, -0.2) is 201 Å². The van der Waals surface area contributed by atoms with Crippen LogP contribution in [0.15, 0.2) is 24.3 Å². The number of aliphatic hydroxyl groups excluding tert-OH is 4. The summed E-state index contributed by atoms with van der Waals surface area (Å²) < 4.78 is 11.1. The van der Waals surface area contributed by atoms with Crippen molar-refractivity contribution in [3.8, 4) is 5.75 Å². The Balaban J connectivity index is 1.69. The number of hydrogen-bond acceptors (Lipinski definition) is 20. The maximum atomic E-state index is 14.6. The van der Waals surface area contributed by atoms with Crippen LogP contribution >= 0.6 is 21.6 Å². The molecule has 0 unspecified atom stereocenters. The van der Waals surface area contributed by atoms with Crippen LogP contribution in [0.5, 0.6) is 5.75 Å². The van der Waals surface area contributed by atoms with Crippen LogP contribution in [0.3, 0.4) is 0 Å². The second-order valence-corrected chi connectivity index (χ2v) is 22.7. The summed E-state index contributed by atoms with van der Waals surface area (Å²) >= 11 is 0. The van der Waals surface area contributed by atoms with Gasteiger partial charge in [0.1, 0.15) is 72.5 Å². The van der Waals surface area contributed by atoms with Gasteiger partial charge in [-0.25, -0.2) is 0 Å². The largest absolute Gasteiger partial charge is 0.462 e. The monoisotopic (exact) mass is 1170 g/mol. The van der Waals surface area contributed by atoms with E-state index in [2.05, 4.69) is 37.2 Å². The highest BCUT2D eigenvalue weighted by Gasteiger charge is 2.45. The van der Waals surface area contributed by atoms with Crippen LogP contribution in [0.2, 0.25) is 0 Å². The molecule has 14 atom stereocenters. The molecule has 0 spiro atoms. The molecule has 0 saturated carbocycles. The third-order valence-electron chi connectivity index (χ3n) is 13.4. The van der Waals surface area contributed by atoms with E-state index in [0.717, 1.165) is 21.6 Å². The summed E-state index contributed by atoms with van der Waals surface area (Å²) in [6, 6.07) is -5.57. The Morgan fingerprint density at radius 1 is 0.787 bits per heavy atom. The van der Waals surface area contributed by atoms with Gasteiger partial charge in [0.05, 0.1) is 25.6 Å². The molecule has 3 heterocycles. The molecule has 3 fully saturated rings. The topological polar surface area (TPSA) is 479 Å². The number of ether oxygens (including phenoxy) is 2. The van der Waals surface area contributed by atoms with E-state index in [1.165, 1.54) is 29.2 Å². The smallest absolute Gasteiger partial charge is 0.246 e. The van der Waals surface area contributed by atoms with Crippen molar-refractivity contribution in [3.05, 3.63) is 29.8 Å². The molecule has 0 aromatic heterocycles. The van der Waals surface area contributed by atoms with E-state index in [-0.39, 0.29) is 55.4 Å². The lowest BCUT2D eigenvalue weighted by Gasteiger charge is -2.39. The van der Waals surface area contributed by atoms with Crippen molar-refractivity contribution in [3.63, 3.8) is 0 Å².